The first-order chi connectivity index (χ1) is 9.08. The van der Waals surface area contributed by atoms with Gasteiger partial charge >= 0.3 is 0 Å². The molecule has 0 radical (unpaired) electrons. The molecule has 0 bridgehead atoms. The van der Waals surface area contributed by atoms with Gasteiger partial charge in [-0.15, -0.1) is 0 Å². The molecule has 0 heterocycles. The van der Waals surface area contributed by atoms with Crippen LogP contribution in [0.3, 0.4) is 0 Å². The molecular formula is C14H12BrF2NO. The van der Waals surface area contributed by atoms with Crippen LogP contribution >= 0.6 is 15.9 Å². The number of hydrogen-bond acceptors (Lipinski definition) is 2. The molecule has 2 aromatic carbocycles. The first kappa shape index (κ1) is 13.8. The number of benzene rings is 2. The van der Waals surface area contributed by atoms with Gasteiger partial charge in [-0.3, -0.25) is 0 Å². The lowest BCUT2D eigenvalue weighted by Crippen LogP contribution is -2.00. The Morgan fingerprint density at radius 1 is 1.11 bits per heavy atom. The van der Waals surface area contributed by atoms with Gasteiger partial charge in [-0.2, -0.15) is 0 Å². The highest BCUT2D eigenvalue weighted by atomic mass is 79.9. The number of anilines is 1. The van der Waals surface area contributed by atoms with E-state index in [0.717, 1.165) is 21.9 Å². The Bertz CT molecular complexity index is 569. The second-order valence-electron chi connectivity index (χ2n) is 3.98. The van der Waals surface area contributed by atoms with Gasteiger partial charge in [-0.05, 0) is 45.8 Å². The molecule has 2 aromatic rings. The van der Waals surface area contributed by atoms with Crippen LogP contribution in [0.2, 0.25) is 0 Å². The normalized spacial score (nSPS) is 10.3. The minimum absolute atomic E-state index is 0.407. The number of halogens is 3. The van der Waals surface area contributed by atoms with E-state index in [2.05, 4.69) is 21.2 Å². The summed E-state index contributed by atoms with van der Waals surface area (Å²) in [7, 11) is 1.59. The average Bonchev–Trinajstić information content (AvgIpc) is 2.35. The molecule has 2 rings (SSSR count). The number of nitrogens with one attached hydrogen (secondary N) is 1. The molecule has 0 saturated heterocycles. The summed E-state index contributed by atoms with van der Waals surface area (Å²) in [5, 5.41) is 2.97. The van der Waals surface area contributed by atoms with Crippen molar-refractivity contribution in [1.29, 1.82) is 0 Å². The third-order valence-electron chi connectivity index (χ3n) is 2.58. The monoisotopic (exact) mass is 327 g/mol. The van der Waals surface area contributed by atoms with Crippen molar-refractivity contribution in [2.24, 2.45) is 0 Å². The zero-order chi connectivity index (χ0) is 13.8. The molecule has 100 valence electrons. The second kappa shape index (κ2) is 6.02. The van der Waals surface area contributed by atoms with Crippen LogP contribution in [-0.2, 0) is 6.54 Å². The number of methoxy groups -OCH3 is 1. The van der Waals surface area contributed by atoms with Crippen LogP contribution in [0.15, 0.2) is 40.9 Å². The summed E-state index contributed by atoms with van der Waals surface area (Å²) in [6, 6.07) is 8.94. The lowest BCUT2D eigenvalue weighted by molar-refractivity contribution is 0.412. The van der Waals surface area contributed by atoms with Crippen molar-refractivity contribution in [3.05, 3.63) is 58.1 Å². The van der Waals surface area contributed by atoms with Crippen LogP contribution in [-0.4, -0.2) is 7.11 Å². The summed E-state index contributed by atoms with van der Waals surface area (Å²) < 4.78 is 32.0. The van der Waals surface area contributed by atoms with Crippen LogP contribution in [0.1, 0.15) is 5.56 Å². The Morgan fingerprint density at radius 3 is 2.37 bits per heavy atom. The average molecular weight is 328 g/mol. The van der Waals surface area contributed by atoms with E-state index < -0.39 is 11.6 Å². The molecule has 0 spiro atoms. The van der Waals surface area contributed by atoms with Crippen LogP contribution < -0.4 is 10.1 Å². The molecule has 0 unspecified atom stereocenters. The molecule has 1 N–H and O–H groups in total. The smallest absolute Gasteiger partial charge is 0.133 e. The van der Waals surface area contributed by atoms with E-state index in [9.17, 15) is 8.78 Å². The minimum Gasteiger partial charge on any atom is -0.496 e. The van der Waals surface area contributed by atoms with Crippen LogP contribution in [0, 0.1) is 11.6 Å². The van der Waals surface area contributed by atoms with Crippen LogP contribution in [0.5, 0.6) is 5.75 Å². The van der Waals surface area contributed by atoms with Gasteiger partial charge in [0.25, 0.3) is 0 Å². The van der Waals surface area contributed by atoms with E-state index in [1.807, 2.05) is 18.2 Å². The molecule has 0 amide bonds. The Labute approximate surface area is 118 Å². The molecule has 0 aliphatic heterocycles. The maximum Gasteiger partial charge on any atom is 0.133 e. The fourth-order valence-electron chi connectivity index (χ4n) is 1.68. The number of rotatable bonds is 4. The van der Waals surface area contributed by atoms with Gasteiger partial charge < -0.3 is 10.1 Å². The predicted molar refractivity (Wildman–Crippen MR) is 74.4 cm³/mol. The minimum atomic E-state index is -0.599. The second-order valence-corrected chi connectivity index (χ2v) is 4.83. The van der Waals surface area contributed by atoms with Crippen molar-refractivity contribution >= 4 is 21.6 Å². The summed E-state index contributed by atoms with van der Waals surface area (Å²) in [5.74, 6) is -0.461. The molecule has 0 saturated carbocycles. The predicted octanol–water partition coefficient (Wildman–Crippen LogP) is 4.35. The standard InChI is InChI=1S/C14H12BrF2NO/c1-19-14-3-2-9(4-13(14)15)8-18-12-6-10(16)5-11(17)7-12/h2-7,18H,8H2,1H3. The van der Waals surface area contributed by atoms with Crippen molar-refractivity contribution in [3.63, 3.8) is 0 Å². The highest BCUT2D eigenvalue weighted by Crippen LogP contribution is 2.26. The van der Waals surface area contributed by atoms with Crippen molar-refractivity contribution < 1.29 is 13.5 Å². The lowest BCUT2D eigenvalue weighted by atomic mass is 10.2. The van der Waals surface area contributed by atoms with Crippen molar-refractivity contribution in [2.45, 2.75) is 6.54 Å². The first-order valence-electron chi connectivity index (χ1n) is 5.61. The molecule has 0 aliphatic carbocycles. The molecule has 2 nitrogen and oxygen atoms in total. The fraction of sp³-hybridized carbons (Fsp3) is 0.143. The molecule has 0 aliphatic rings. The molecule has 5 heteroatoms. The van der Waals surface area contributed by atoms with Gasteiger partial charge in [0.05, 0.1) is 11.6 Å². The fourth-order valence-corrected chi connectivity index (χ4v) is 2.27. The molecule has 19 heavy (non-hydrogen) atoms. The Hall–Kier alpha value is -1.62. The Morgan fingerprint density at radius 2 is 1.79 bits per heavy atom. The SMILES string of the molecule is COc1ccc(CNc2cc(F)cc(F)c2)cc1Br. The van der Waals surface area contributed by atoms with Gasteiger partial charge in [-0.25, -0.2) is 8.78 Å². The van der Waals surface area contributed by atoms with Gasteiger partial charge in [0, 0.05) is 18.3 Å². The third kappa shape index (κ3) is 3.67. The van der Waals surface area contributed by atoms with Crippen molar-refractivity contribution in [2.75, 3.05) is 12.4 Å². The van der Waals surface area contributed by atoms with E-state index in [1.165, 1.54) is 12.1 Å². The maximum absolute atomic E-state index is 13.0. The summed E-state index contributed by atoms with van der Waals surface area (Å²) in [4.78, 5) is 0. The largest absolute Gasteiger partial charge is 0.496 e. The molecule has 0 fully saturated rings. The van der Waals surface area contributed by atoms with Gasteiger partial charge in [0.15, 0.2) is 0 Å². The van der Waals surface area contributed by atoms with Gasteiger partial charge in [-0.1, -0.05) is 6.07 Å². The van der Waals surface area contributed by atoms with Crippen molar-refractivity contribution in [1.82, 2.24) is 0 Å². The number of hydrogen-bond donors (Lipinski definition) is 1. The molecular weight excluding hydrogens is 316 g/mol. The molecule has 0 aromatic heterocycles. The van der Waals surface area contributed by atoms with E-state index >= 15 is 0 Å². The summed E-state index contributed by atoms with van der Waals surface area (Å²) in [6.07, 6.45) is 0. The van der Waals surface area contributed by atoms with Crippen LogP contribution in [0.4, 0.5) is 14.5 Å². The lowest BCUT2D eigenvalue weighted by Gasteiger charge is -2.09. The Balaban J connectivity index is 2.08. The molecule has 0 atom stereocenters. The van der Waals surface area contributed by atoms with E-state index in [1.54, 1.807) is 7.11 Å². The quantitative estimate of drug-likeness (QED) is 0.901. The summed E-state index contributed by atoms with van der Waals surface area (Å²) >= 11 is 3.38. The van der Waals surface area contributed by atoms with E-state index in [-0.39, 0.29) is 0 Å². The van der Waals surface area contributed by atoms with Crippen molar-refractivity contribution in [3.8, 4) is 5.75 Å². The summed E-state index contributed by atoms with van der Waals surface area (Å²) in [6.45, 7) is 0.464. The third-order valence-corrected chi connectivity index (χ3v) is 3.20. The number of ether oxygens (including phenoxy) is 1. The highest BCUT2D eigenvalue weighted by Gasteiger charge is 2.03. The van der Waals surface area contributed by atoms with E-state index in [0.29, 0.717) is 12.2 Å². The van der Waals surface area contributed by atoms with Gasteiger partial charge in [0.2, 0.25) is 0 Å². The summed E-state index contributed by atoms with van der Waals surface area (Å²) in [5.41, 5.74) is 1.38. The zero-order valence-corrected chi connectivity index (χ0v) is 11.8. The zero-order valence-electron chi connectivity index (χ0n) is 10.2. The highest BCUT2D eigenvalue weighted by molar-refractivity contribution is 9.10. The van der Waals surface area contributed by atoms with E-state index in [4.69, 9.17) is 4.74 Å². The topological polar surface area (TPSA) is 21.3 Å². The van der Waals surface area contributed by atoms with Gasteiger partial charge in [0.1, 0.15) is 17.4 Å². The Kier molecular flexibility index (Phi) is 4.37. The maximum atomic E-state index is 13.0. The first-order valence-corrected chi connectivity index (χ1v) is 6.40. The van der Waals surface area contributed by atoms with Crippen LogP contribution in [0.25, 0.3) is 0 Å².